The van der Waals surface area contributed by atoms with Crippen LogP contribution < -0.4 is 10.1 Å². The highest BCUT2D eigenvalue weighted by Crippen LogP contribution is 2.18. The van der Waals surface area contributed by atoms with Crippen LogP contribution in [0.2, 0.25) is 0 Å². The fraction of sp³-hybridized carbons (Fsp3) is 0.353. The number of hydrogen-bond acceptors (Lipinski definition) is 5. The minimum absolute atomic E-state index is 0.304. The Bertz CT molecular complexity index is 670. The summed E-state index contributed by atoms with van der Waals surface area (Å²) >= 11 is 0. The maximum Gasteiger partial charge on any atom is 0.275 e. The first kappa shape index (κ1) is 15.4. The number of carbonyl (C=O) groups excluding carboxylic acids is 1. The van der Waals surface area contributed by atoms with E-state index in [0.29, 0.717) is 29.8 Å². The summed E-state index contributed by atoms with van der Waals surface area (Å²) in [6, 6.07) is 8.81. The third kappa shape index (κ3) is 4.26. The van der Waals surface area contributed by atoms with Crippen LogP contribution in [0.3, 0.4) is 0 Å². The fourth-order valence-corrected chi connectivity index (χ4v) is 2.38. The van der Waals surface area contributed by atoms with Crippen LogP contribution in [-0.4, -0.2) is 35.7 Å². The first-order chi connectivity index (χ1) is 11.2. The van der Waals surface area contributed by atoms with E-state index in [4.69, 9.17) is 9.47 Å². The first-order valence-corrected chi connectivity index (χ1v) is 7.62. The maximum absolute atomic E-state index is 12.3. The van der Waals surface area contributed by atoms with E-state index in [1.807, 2.05) is 19.1 Å². The standard InChI is InChI=1S/C17H19N3O3/c1-12-8-14(23-11-13-5-7-22-10-13)9-15(19-12)17(21)20-16-4-2-3-6-18-16/h2-4,6,8-9,13H,5,7,10-11H2,1H3,(H,18,20,21)/t13-/m1/s1. The van der Waals surface area contributed by atoms with Crippen LogP contribution in [0.4, 0.5) is 5.82 Å². The van der Waals surface area contributed by atoms with Gasteiger partial charge in [-0.2, -0.15) is 0 Å². The summed E-state index contributed by atoms with van der Waals surface area (Å²) < 4.78 is 11.1. The second kappa shape index (κ2) is 7.19. The van der Waals surface area contributed by atoms with E-state index in [2.05, 4.69) is 15.3 Å². The van der Waals surface area contributed by atoms with Gasteiger partial charge in [-0.15, -0.1) is 0 Å². The van der Waals surface area contributed by atoms with E-state index in [0.717, 1.165) is 25.3 Å². The minimum atomic E-state index is -0.304. The molecule has 2 aromatic rings. The monoisotopic (exact) mass is 313 g/mol. The summed E-state index contributed by atoms with van der Waals surface area (Å²) in [7, 11) is 0. The molecule has 3 rings (SSSR count). The average Bonchev–Trinajstić information content (AvgIpc) is 3.07. The smallest absolute Gasteiger partial charge is 0.275 e. The van der Waals surface area contributed by atoms with Gasteiger partial charge in [-0.05, 0) is 25.5 Å². The van der Waals surface area contributed by atoms with Crippen molar-refractivity contribution in [2.24, 2.45) is 5.92 Å². The summed E-state index contributed by atoms with van der Waals surface area (Å²) in [5.74, 6) is 1.25. The van der Waals surface area contributed by atoms with E-state index >= 15 is 0 Å². The van der Waals surface area contributed by atoms with Crippen molar-refractivity contribution in [3.05, 3.63) is 47.9 Å². The molecule has 0 unspecified atom stereocenters. The number of aromatic nitrogens is 2. The Morgan fingerprint density at radius 1 is 1.43 bits per heavy atom. The van der Waals surface area contributed by atoms with Crippen molar-refractivity contribution in [3.8, 4) is 5.75 Å². The number of ether oxygens (including phenoxy) is 2. The van der Waals surface area contributed by atoms with Gasteiger partial charge in [-0.3, -0.25) is 4.79 Å². The van der Waals surface area contributed by atoms with E-state index in [1.165, 1.54) is 0 Å². The third-order valence-corrected chi connectivity index (χ3v) is 3.58. The molecule has 0 saturated carbocycles. The van der Waals surface area contributed by atoms with Gasteiger partial charge in [0.1, 0.15) is 17.3 Å². The van der Waals surface area contributed by atoms with Crippen LogP contribution in [0.25, 0.3) is 0 Å². The highest BCUT2D eigenvalue weighted by Gasteiger charge is 2.17. The van der Waals surface area contributed by atoms with Crippen molar-refractivity contribution in [3.63, 3.8) is 0 Å². The second-order valence-corrected chi connectivity index (χ2v) is 5.54. The Morgan fingerprint density at radius 3 is 3.09 bits per heavy atom. The highest BCUT2D eigenvalue weighted by atomic mass is 16.5. The van der Waals surface area contributed by atoms with Crippen molar-refractivity contribution < 1.29 is 14.3 Å². The Hall–Kier alpha value is -2.47. The molecule has 0 radical (unpaired) electrons. The maximum atomic E-state index is 12.3. The van der Waals surface area contributed by atoms with Gasteiger partial charge in [0.2, 0.25) is 0 Å². The SMILES string of the molecule is Cc1cc(OC[C@@H]2CCOC2)cc(C(=O)Nc2ccccn2)n1. The molecule has 6 nitrogen and oxygen atoms in total. The van der Waals surface area contributed by atoms with Gasteiger partial charge in [0.25, 0.3) is 5.91 Å². The number of aryl methyl sites for hydroxylation is 1. The summed E-state index contributed by atoms with van der Waals surface area (Å²) in [4.78, 5) is 20.6. The van der Waals surface area contributed by atoms with Gasteiger partial charge in [0, 0.05) is 36.5 Å². The Kier molecular flexibility index (Phi) is 4.83. The van der Waals surface area contributed by atoms with Crippen LogP contribution in [0.1, 0.15) is 22.6 Å². The Morgan fingerprint density at radius 2 is 2.35 bits per heavy atom. The number of pyridine rings is 2. The molecule has 1 amide bonds. The van der Waals surface area contributed by atoms with Crippen LogP contribution in [0.5, 0.6) is 5.75 Å². The highest BCUT2D eigenvalue weighted by molar-refractivity contribution is 6.02. The number of carbonyl (C=O) groups is 1. The minimum Gasteiger partial charge on any atom is -0.493 e. The predicted octanol–water partition coefficient (Wildman–Crippen LogP) is 2.45. The predicted molar refractivity (Wildman–Crippen MR) is 85.6 cm³/mol. The number of hydrogen-bond donors (Lipinski definition) is 1. The average molecular weight is 313 g/mol. The molecule has 1 aliphatic heterocycles. The molecule has 0 aromatic carbocycles. The fourth-order valence-electron chi connectivity index (χ4n) is 2.38. The zero-order chi connectivity index (χ0) is 16.1. The molecular weight excluding hydrogens is 294 g/mol. The zero-order valence-electron chi connectivity index (χ0n) is 13.0. The summed E-state index contributed by atoms with van der Waals surface area (Å²) in [6.07, 6.45) is 2.63. The lowest BCUT2D eigenvalue weighted by Crippen LogP contribution is -2.16. The lowest BCUT2D eigenvalue weighted by atomic mass is 10.1. The third-order valence-electron chi connectivity index (χ3n) is 3.58. The lowest BCUT2D eigenvalue weighted by Gasteiger charge is -2.12. The van der Waals surface area contributed by atoms with Crippen molar-refractivity contribution in [1.82, 2.24) is 9.97 Å². The Balaban J connectivity index is 1.67. The molecule has 1 aliphatic rings. The normalized spacial score (nSPS) is 17.0. The molecule has 1 N–H and O–H groups in total. The number of rotatable bonds is 5. The Labute approximate surface area is 134 Å². The van der Waals surface area contributed by atoms with Crippen molar-refractivity contribution in [2.75, 3.05) is 25.1 Å². The number of nitrogens with one attached hydrogen (secondary N) is 1. The molecule has 0 aliphatic carbocycles. The molecule has 23 heavy (non-hydrogen) atoms. The van der Waals surface area contributed by atoms with Crippen LogP contribution in [0, 0.1) is 12.8 Å². The van der Waals surface area contributed by atoms with Gasteiger partial charge in [0.05, 0.1) is 13.2 Å². The van der Waals surface area contributed by atoms with E-state index in [1.54, 1.807) is 24.4 Å². The van der Waals surface area contributed by atoms with Gasteiger partial charge in [0.15, 0.2) is 0 Å². The molecule has 1 fully saturated rings. The summed E-state index contributed by atoms with van der Waals surface area (Å²) in [5, 5.41) is 2.72. The summed E-state index contributed by atoms with van der Waals surface area (Å²) in [5.41, 5.74) is 1.05. The molecule has 0 spiro atoms. The topological polar surface area (TPSA) is 73.3 Å². The van der Waals surface area contributed by atoms with Gasteiger partial charge in [-0.1, -0.05) is 6.07 Å². The van der Waals surface area contributed by atoms with Gasteiger partial charge < -0.3 is 14.8 Å². The summed E-state index contributed by atoms with van der Waals surface area (Å²) in [6.45, 7) is 3.95. The molecule has 1 atom stereocenters. The van der Waals surface area contributed by atoms with Crippen molar-refractivity contribution in [2.45, 2.75) is 13.3 Å². The lowest BCUT2D eigenvalue weighted by molar-refractivity contribution is 0.102. The molecule has 2 aromatic heterocycles. The number of nitrogens with zero attached hydrogens (tertiary/aromatic N) is 2. The van der Waals surface area contributed by atoms with Crippen LogP contribution in [-0.2, 0) is 4.74 Å². The molecule has 0 bridgehead atoms. The molecule has 1 saturated heterocycles. The van der Waals surface area contributed by atoms with Gasteiger partial charge >= 0.3 is 0 Å². The number of amides is 1. The van der Waals surface area contributed by atoms with E-state index in [9.17, 15) is 4.79 Å². The van der Waals surface area contributed by atoms with Crippen molar-refractivity contribution in [1.29, 1.82) is 0 Å². The molecule has 3 heterocycles. The largest absolute Gasteiger partial charge is 0.493 e. The second-order valence-electron chi connectivity index (χ2n) is 5.54. The van der Waals surface area contributed by atoms with Gasteiger partial charge in [-0.25, -0.2) is 9.97 Å². The molecule has 120 valence electrons. The van der Waals surface area contributed by atoms with Crippen molar-refractivity contribution >= 4 is 11.7 Å². The zero-order valence-corrected chi connectivity index (χ0v) is 13.0. The molecule has 6 heteroatoms. The van der Waals surface area contributed by atoms with E-state index in [-0.39, 0.29) is 5.91 Å². The first-order valence-electron chi connectivity index (χ1n) is 7.62. The van der Waals surface area contributed by atoms with E-state index < -0.39 is 0 Å². The molecular formula is C17H19N3O3. The quantitative estimate of drug-likeness (QED) is 0.918. The van der Waals surface area contributed by atoms with Crippen LogP contribution >= 0.6 is 0 Å². The number of anilines is 1. The van der Waals surface area contributed by atoms with Crippen LogP contribution in [0.15, 0.2) is 36.5 Å².